The molecule has 0 saturated heterocycles. The standard InChI is InChI=1S/C14H17N3O3/c1-3-17-10(6-9(2)16-17)8-20-11-4-5-13(15)12(7-11)14(18)19/h4-7H,3,8,15H2,1-2H3,(H,18,19). The number of hydrogen-bond acceptors (Lipinski definition) is 4. The van der Waals surface area contributed by atoms with Crippen LogP contribution in [0.3, 0.4) is 0 Å². The summed E-state index contributed by atoms with van der Waals surface area (Å²) in [7, 11) is 0. The Morgan fingerprint density at radius 2 is 2.20 bits per heavy atom. The fourth-order valence-corrected chi connectivity index (χ4v) is 1.96. The van der Waals surface area contributed by atoms with Crippen LogP contribution in [0.4, 0.5) is 5.69 Å². The number of carboxylic acid groups (broad SMARTS) is 1. The summed E-state index contributed by atoms with van der Waals surface area (Å²) in [6, 6.07) is 6.55. The number of ether oxygens (including phenoxy) is 1. The number of rotatable bonds is 5. The van der Waals surface area contributed by atoms with E-state index in [4.69, 9.17) is 15.6 Å². The maximum absolute atomic E-state index is 11.0. The summed E-state index contributed by atoms with van der Waals surface area (Å²) in [6.45, 7) is 5.01. The van der Waals surface area contributed by atoms with Gasteiger partial charge in [-0.3, -0.25) is 4.68 Å². The van der Waals surface area contributed by atoms with Crippen molar-refractivity contribution in [2.24, 2.45) is 0 Å². The summed E-state index contributed by atoms with van der Waals surface area (Å²) in [5, 5.41) is 13.3. The lowest BCUT2D eigenvalue weighted by atomic mass is 10.2. The summed E-state index contributed by atoms with van der Waals surface area (Å²) < 4.78 is 7.47. The Bertz CT molecular complexity index is 635. The lowest BCUT2D eigenvalue weighted by Crippen LogP contribution is -2.07. The Balaban J connectivity index is 2.14. The van der Waals surface area contributed by atoms with Crippen molar-refractivity contribution in [2.45, 2.75) is 27.0 Å². The van der Waals surface area contributed by atoms with Gasteiger partial charge in [0.05, 0.1) is 17.0 Å². The minimum atomic E-state index is -1.07. The Labute approximate surface area is 116 Å². The van der Waals surface area contributed by atoms with Gasteiger partial charge in [0.2, 0.25) is 0 Å². The molecule has 1 heterocycles. The highest BCUT2D eigenvalue weighted by Crippen LogP contribution is 2.21. The van der Waals surface area contributed by atoms with Crippen molar-refractivity contribution in [3.63, 3.8) is 0 Å². The molecule has 0 aliphatic heterocycles. The van der Waals surface area contributed by atoms with Crippen molar-refractivity contribution in [1.82, 2.24) is 9.78 Å². The fraction of sp³-hybridized carbons (Fsp3) is 0.286. The number of aryl methyl sites for hydroxylation is 2. The highest BCUT2D eigenvalue weighted by atomic mass is 16.5. The van der Waals surface area contributed by atoms with Gasteiger partial charge in [0.25, 0.3) is 0 Å². The average molecular weight is 275 g/mol. The first-order valence-electron chi connectivity index (χ1n) is 6.30. The molecule has 0 saturated carbocycles. The van der Waals surface area contributed by atoms with E-state index in [1.807, 2.05) is 24.6 Å². The Morgan fingerprint density at radius 1 is 1.45 bits per heavy atom. The van der Waals surface area contributed by atoms with Crippen molar-refractivity contribution >= 4 is 11.7 Å². The molecular formula is C14H17N3O3. The molecule has 0 aliphatic rings. The molecule has 0 fully saturated rings. The SMILES string of the molecule is CCn1nc(C)cc1COc1ccc(N)c(C(=O)O)c1. The van der Waals surface area contributed by atoms with Gasteiger partial charge in [0.15, 0.2) is 0 Å². The average Bonchev–Trinajstić information content (AvgIpc) is 2.77. The molecule has 2 rings (SSSR count). The van der Waals surface area contributed by atoms with Crippen LogP contribution in [-0.4, -0.2) is 20.9 Å². The minimum Gasteiger partial charge on any atom is -0.487 e. The van der Waals surface area contributed by atoms with E-state index in [-0.39, 0.29) is 11.3 Å². The molecule has 0 atom stereocenters. The quantitative estimate of drug-likeness (QED) is 0.815. The van der Waals surface area contributed by atoms with E-state index in [9.17, 15) is 4.79 Å². The third-order valence-corrected chi connectivity index (χ3v) is 2.93. The van der Waals surface area contributed by atoms with Crippen LogP contribution in [0, 0.1) is 6.92 Å². The van der Waals surface area contributed by atoms with E-state index in [1.54, 1.807) is 6.07 Å². The number of hydrogen-bond donors (Lipinski definition) is 2. The van der Waals surface area contributed by atoms with Gasteiger partial charge < -0.3 is 15.6 Å². The second kappa shape index (κ2) is 5.64. The highest BCUT2D eigenvalue weighted by Gasteiger charge is 2.10. The van der Waals surface area contributed by atoms with E-state index in [1.165, 1.54) is 12.1 Å². The van der Waals surface area contributed by atoms with E-state index in [2.05, 4.69) is 5.10 Å². The number of anilines is 1. The molecule has 20 heavy (non-hydrogen) atoms. The number of nitrogens with two attached hydrogens (primary N) is 1. The van der Waals surface area contributed by atoms with Gasteiger partial charge in [-0.05, 0) is 38.1 Å². The fourth-order valence-electron chi connectivity index (χ4n) is 1.96. The van der Waals surface area contributed by atoms with Crippen LogP contribution in [0.15, 0.2) is 24.3 Å². The summed E-state index contributed by atoms with van der Waals surface area (Å²) in [4.78, 5) is 11.0. The minimum absolute atomic E-state index is 0.0441. The number of nitrogens with zero attached hydrogens (tertiary/aromatic N) is 2. The van der Waals surface area contributed by atoms with E-state index < -0.39 is 5.97 Å². The van der Waals surface area contributed by atoms with Crippen molar-refractivity contribution in [3.05, 3.63) is 41.2 Å². The molecule has 0 bridgehead atoms. The van der Waals surface area contributed by atoms with Crippen LogP contribution in [0.1, 0.15) is 28.7 Å². The van der Waals surface area contributed by atoms with Crippen molar-refractivity contribution in [1.29, 1.82) is 0 Å². The molecule has 0 amide bonds. The summed E-state index contributed by atoms with van der Waals surface area (Å²) >= 11 is 0. The number of aromatic nitrogens is 2. The number of benzene rings is 1. The predicted molar refractivity (Wildman–Crippen MR) is 74.8 cm³/mol. The number of carboxylic acids is 1. The van der Waals surface area contributed by atoms with Gasteiger partial charge in [-0.2, -0.15) is 5.10 Å². The monoisotopic (exact) mass is 275 g/mol. The second-order valence-corrected chi connectivity index (χ2v) is 4.44. The normalized spacial score (nSPS) is 10.5. The Morgan fingerprint density at radius 3 is 2.85 bits per heavy atom. The molecule has 6 heteroatoms. The zero-order chi connectivity index (χ0) is 14.7. The van der Waals surface area contributed by atoms with Crippen molar-refractivity contribution in [2.75, 3.05) is 5.73 Å². The number of nitrogen functional groups attached to an aromatic ring is 1. The third-order valence-electron chi connectivity index (χ3n) is 2.93. The molecule has 1 aromatic heterocycles. The first kappa shape index (κ1) is 13.9. The van der Waals surface area contributed by atoms with Crippen LogP contribution in [-0.2, 0) is 13.2 Å². The van der Waals surface area contributed by atoms with Gasteiger partial charge in [-0.1, -0.05) is 0 Å². The summed E-state index contributed by atoms with van der Waals surface area (Å²) in [6.07, 6.45) is 0. The Kier molecular flexibility index (Phi) is 3.93. The Hall–Kier alpha value is -2.50. The zero-order valence-electron chi connectivity index (χ0n) is 11.5. The van der Waals surface area contributed by atoms with Gasteiger partial charge in [0.1, 0.15) is 12.4 Å². The van der Waals surface area contributed by atoms with Crippen molar-refractivity contribution < 1.29 is 14.6 Å². The molecule has 0 aliphatic carbocycles. The van der Waals surface area contributed by atoms with Gasteiger partial charge >= 0.3 is 5.97 Å². The first-order valence-corrected chi connectivity index (χ1v) is 6.30. The van der Waals surface area contributed by atoms with Gasteiger partial charge in [-0.25, -0.2) is 4.79 Å². The molecule has 106 valence electrons. The molecule has 1 aromatic carbocycles. The second-order valence-electron chi connectivity index (χ2n) is 4.44. The van der Waals surface area contributed by atoms with Crippen LogP contribution in [0.5, 0.6) is 5.75 Å². The smallest absolute Gasteiger partial charge is 0.337 e. The molecule has 0 unspecified atom stereocenters. The number of carbonyl (C=O) groups is 1. The van der Waals surface area contributed by atoms with E-state index in [0.29, 0.717) is 12.4 Å². The number of aromatic carboxylic acids is 1. The van der Waals surface area contributed by atoms with Crippen LogP contribution >= 0.6 is 0 Å². The maximum atomic E-state index is 11.0. The largest absolute Gasteiger partial charge is 0.487 e. The molecule has 6 nitrogen and oxygen atoms in total. The van der Waals surface area contributed by atoms with E-state index >= 15 is 0 Å². The summed E-state index contributed by atoms with van der Waals surface area (Å²) in [5.41, 5.74) is 7.73. The van der Waals surface area contributed by atoms with Crippen LogP contribution in [0.25, 0.3) is 0 Å². The van der Waals surface area contributed by atoms with Crippen LogP contribution < -0.4 is 10.5 Å². The zero-order valence-corrected chi connectivity index (χ0v) is 11.5. The first-order chi connectivity index (χ1) is 9.51. The topological polar surface area (TPSA) is 90.4 Å². The predicted octanol–water partition coefficient (Wildman–Crippen LogP) is 2.07. The van der Waals surface area contributed by atoms with Crippen LogP contribution in [0.2, 0.25) is 0 Å². The lowest BCUT2D eigenvalue weighted by Gasteiger charge is -2.09. The molecule has 0 spiro atoms. The summed E-state index contributed by atoms with van der Waals surface area (Å²) in [5.74, 6) is -0.597. The third kappa shape index (κ3) is 2.90. The highest BCUT2D eigenvalue weighted by molar-refractivity contribution is 5.94. The maximum Gasteiger partial charge on any atom is 0.337 e. The van der Waals surface area contributed by atoms with E-state index in [0.717, 1.165) is 17.9 Å². The molecule has 0 radical (unpaired) electrons. The van der Waals surface area contributed by atoms with Gasteiger partial charge in [-0.15, -0.1) is 0 Å². The molecule has 2 aromatic rings. The van der Waals surface area contributed by atoms with Gasteiger partial charge in [0, 0.05) is 12.2 Å². The van der Waals surface area contributed by atoms with Crippen molar-refractivity contribution in [3.8, 4) is 5.75 Å². The molecule has 3 N–H and O–H groups in total. The molecular weight excluding hydrogens is 258 g/mol. The lowest BCUT2D eigenvalue weighted by molar-refractivity contribution is 0.0697.